The van der Waals surface area contributed by atoms with Crippen LogP contribution in [0.4, 0.5) is 0 Å². The molecule has 2 heteroatoms. The maximum Gasteiger partial charge on any atom is 0.00684 e. The van der Waals surface area contributed by atoms with Crippen LogP contribution in [0.1, 0.15) is 0 Å². The average molecular weight is 144 g/mol. The molecule has 0 nitrogen and oxygen atoms in total. The highest BCUT2D eigenvalue weighted by Crippen LogP contribution is 2.11. The first-order chi connectivity index (χ1) is 4.00. The molecule has 8 heavy (non-hydrogen) atoms. The first-order valence-corrected chi connectivity index (χ1v) is 4.65. The van der Waals surface area contributed by atoms with Gasteiger partial charge >= 0.3 is 0 Å². The molecule has 0 fully saturated rings. The third-order valence-electron chi connectivity index (χ3n) is 0.780. The molecule has 44 valence electrons. The third kappa shape index (κ3) is 2.48. The van der Waals surface area contributed by atoms with Crippen molar-refractivity contribution in [3.05, 3.63) is 23.0 Å². The molecule has 0 aliphatic carbocycles. The van der Waals surface area contributed by atoms with Crippen LogP contribution < -0.4 is 0 Å². The van der Waals surface area contributed by atoms with Gasteiger partial charge in [-0.3, -0.25) is 0 Å². The van der Waals surface area contributed by atoms with E-state index in [9.17, 15) is 0 Å². The third-order valence-corrected chi connectivity index (χ3v) is 2.62. The summed E-state index contributed by atoms with van der Waals surface area (Å²) in [4.78, 5) is 0. The van der Waals surface area contributed by atoms with Crippen LogP contribution in [-0.4, -0.2) is 11.5 Å². The van der Waals surface area contributed by atoms with Crippen LogP contribution in [0.25, 0.3) is 0 Å². The number of rotatable bonds is 0. The van der Waals surface area contributed by atoms with Crippen molar-refractivity contribution < 1.29 is 0 Å². The molecule has 0 bridgehead atoms. The molecular formula is C6H8S2. The van der Waals surface area contributed by atoms with Gasteiger partial charge < -0.3 is 0 Å². The van der Waals surface area contributed by atoms with Gasteiger partial charge in [0.15, 0.2) is 0 Å². The second-order valence-electron chi connectivity index (χ2n) is 1.40. The van der Waals surface area contributed by atoms with Crippen LogP contribution >= 0.6 is 23.5 Å². The Morgan fingerprint density at radius 1 is 0.875 bits per heavy atom. The Hall–Kier alpha value is 0.180. The number of thioether (sulfide) groups is 2. The molecule has 0 saturated heterocycles. The highest BCUT2D eigenvalue weighted by atomic mass is 32.2. The molecule has 0 radical (unpaired) electrons. The fraction of sp³-hybridized carbons (Fsp3) is 0.333. The summed E-state index contributed by atoms with van der Waals surface area (Å²) in [7, 11) is 0. The van der Waals surface area contributed by atoms with E-state index < -0.39 is 0 Å². The maximum atomic E-state index is 2.14. The molecule has 0 spiro atoms. The molecule has 1 heterocycles. The summed E-state index contributed by atoms with van der Waals surface area (Å²) in [5.74, 6) is 2.48. The Labute approximate surface area is 58.4 Å². The summed E-state index contributed by atoms with van der Waals surface area (Å²) in [6, 6.07) is 0. The Morgan fingerprint density at radius 2 is 1.38 bits per heavy atom. The zero-order chi connectivity index (χ0) is 5.66. The van der Waals surface area contributed by atoms with Crippen molar-refractivity contribution >= 4 is 23.5 Å². The summed E-state index contributed by atoms with van der Waals surface area (Å²) in [6.07, 6.45) is 4.16. The molecule has 0 aromatic carbocycles. The smallest absolute Gasteiger partial charge is 0.00684 e. The normalized spacial score (nSPS) is 24.0. The Kier molecular flexibility index (Phi) is 3.23. The minimum absolute atomic E-state index is 1.24. The molecule has 0 amide bonds. The molecule has 0 atom stereocenters. The van der Waals surface area contributed by atoms with Gasteiger partial charge in [-0.25, -0.2) is 0 Å². The lowest BCUT2D eigenvalue weighted by Crippen LogP contribution is -1.78. The van der Waals surface area contributed by atoms with Gasteiger partial charge in [0, 0.05) is 11.5 Å². The topological polar surface area (TPSA) is 0 Å². The Morgan fingerprint density at radius 3 is 1.88 bits per heavy atom. The van der Waals surface area contributed by atoms with Crippen LogP contribution in [0, 0.1) is 0 Å². The largest absolute Gasteiger partial charge is 0.133 e. The monoisotopic (exact) mass is 144 g/mol. The van der Waals surface area contributed by atoms with Crippen LogP contribution in [-0.2, 0) is 0 Å². The van der Waals surface area contributed by atoms with Gasteiger partial charge in [-0.15, -0.1) is 23.5 Å². The van der Waals surface area contributed by atoms with E-state index in [1.165, 1.54) is 11.5 Å². The molecule has 1 rings (SSSR count). The first kappa shape index (κ1) is 6.30. The van der Waals surface area contributed by atoms with Crippen LogP contribution in [0.5, 0.6) is 0 Å². The zero-order valence-electron chi connectivity index (χ0n) is 4.54. The van der Waals surface area contributed by atoms with Crippen molar-refractivity contribution in [3.63, 3.8) is 0 Å². The van der Waals surface area contributed by atoms with E-state index in [1.54, 1.807) is 0 Å². The first-order valence-electron chi connectivity index (χ1n) is 2.55. The van der Waals surface area contributed by atoms with Crippen LogP contribution in [0.3, 0.4) is 0 Å². The Balaban J connectivity index is 2.33. The molecule has 1 aliphatic rings. The summed E-state index contributed by atoms with van der Waals surface area (Å²) < 4.78 is 0. The molecule has 1 aliphatic heterocycles. The maximum absolute atomic E-state index is 2.14. The van der Waals surface area contributed by atoms with E-state index in [0.29, 0.717) is 0 Å². The zero-order valence-corrected chi connectivity index (χ0v) is 6.17. The van der Waals surface area contributed by atoms with Gasteiger partial charge in [0.1, 0.15) is 0 Å². The van der Waals surface area contributed by atoms with Gasteiger partial charge in [-0.2, -0.15) is 0 Å². The van der Waals surface area contributed by atoms with Crippen molar-refractivity contribution in [2.24, 2.45) is 0 Å². The summed E-state index contributed by atoms with van der Waals surface area (Å²) in [5, 5.41) is 4.27. The molecule has 0 saturated carbocycles. The van der Waals surface area contributed by atoms with E-state index in [2.05, 4.69) is 23.0 Å². The highest BCUT2D eigenvalue weighted by molar-refractivity contribution is 8.05. The number of allylic oxidation sites excluding steroid dienone is 2. The molecule has 0 N–H and O–H groups in total. The molecule has 0 aromatic rings. The minimum atomic E-state index is 1.24. The lowest BCUT2D eigenvalue weighted by atomic mass is 10.6. The van der Waals surface area contributed by atoms with E-state index in [1.807, 2.05) is 23.5 Å². The lowest BCUT2D eigenvalue weighted by Gasteiger charge is -1.94. The van der Waals surface area contributed by atoms with Gasteiger partial charge in [-0.1, -0.05) is 12.2 Å². The average Bonchev–Trinajstić information content (AvgIpc) is 1.62. The second-order valence-corrected chi connectivity index (χ2v) is 3.43. The summed E-state index contributed by atoms with van der Waals surface area (Å²) in [5.41, 5.74) is 0. The fourth-order valence-corrected chi connectivity index (χ4v) is 1.88. The molecule has 0 unspecified atom stereocenters. The van der Waals surface area contributed by atoms with Crippen LogP contribution in [0.2, 0.25) is 0 Å². The SMILES string of the molecule is C1=CSCCS/C=C\1. The quantitative estimate of drug-likeness (QED) is 0.512. The molecule has 0 aromatic heterocycles. The van der Waals surface area contributed by atoms with E-state index >= 15 is 0 Å². The van der Waals surface area contributed by atoms with Gasteiger partial charge in [0.25, 0.3) is 0 Å². The van der Waals surface area contributed by atoms with Gasteiger partial charge in [-0.05, 0) is 10.8 Å². The van der Waals surface area contributed by atoms with Gasteiger partial charge in [0.05, 0.1) is 0 Å². The standard InChI is InChI=1S/C6H8S2/c1-2-4-8-6-5-7-3-1/h1-4H,5-6H2/b3-1-,4-2?. The van der Waals surface area contributed by atoms with Crippen LogP contribution in [0.15, 0.2) is 23.0 Å². The van der Waals surface area contributed by atoms with E-state index in [4.69, 9.17) is 0 Å². The van der Waals surface area contributed by atoms with Gasteiger partial charge in [0.2, 0.25) is 0 Å². The van der Waals surface area contributed by atoms with Crippen molar-refractivity contribution in [2.75, 3.05) is 11.5 Å². The molecular weight excluding hydrogens is 136 g/mol. The van der Waals surface area contributed by atoms with E-state index in [0.717, 1.165) is 0 Å². The predicted molar refractivity (Wildman–Crippen MR) is 43.2 cm³/mol. The fourth-order valence-electron chi connectivity index (χ4n) is 0.434. The lowest BCUT2D eigenvalue weighted by molar-refractivity contribution is 1.57. The summed E-state index contributed by atoms with van der Waals surface area (Å²) in [6.45, 7) is 0. The van der Waals surface area contributed by atoms with Crippen molar-refractivity contribution in [1.29, 1.82) is 0 Å². The minimum Gasteiger partial charge on any atom is -0.133 e. The van der Waals surface area contributed by atoms with Crippen molar-refractivity contribution in [3.8, 4) is 0 Å². The highest BCUT2D eigenvalue weighted by Gasteiger charge is 1.84. The Bertz CT molecular complexity index is 91.1. The number of hydrogen-bond donors (Lipinski definition) is 0. The second kappa shape index (κ2) is 4.10. The van der Waals surface area contributed by atoms with E-state index in [-0.39, 0.29) is 0 Å². The van der Waals surface area contributed by atoms with Crippen molar-refractivity contribution in [1.82, 2.24) is 0 Å². The number of hydrogen-bond acceptors (Lipinski definition) is 2. The van der Waals surface area contributed by atoms with Crippen molar-refractivity contribution in [2.45, 2.75) is 0 Å². The summed E-state index contributed by atoms with van der Waals surface area (Å²) >= 11 is 3.75. The predicted octanol–water partition coefficient (Wildman–Crippen LogP) is 2.49.